The van der Waals surface area contributed by atoms with E-state index in [2.05, 4.69) is 61.7 Å². The summed E-state index contributed by atoms with van der Waals surface area (Å²) < 4.78 is 1.30. The number of nitrogens with one attached hydrogen (secondary N) is 1. The van der Waals surface area contributed by atoms with Crippen LogP contribution in [0.1, 0.15) is 48.0 Å². The fourth-order valence-corrected chi connectivity index (χ4v) is 2.11. The van der Waals surface area contributed by atoms with Crippen LogP contribution in [-0.4, -0.2) is 23.3 Å². The second kappa shape index (κ2) is 8.27. The third-order valence-corrected chi connectivity index (χ3v) is 4.56. The van der Waals surface area contributed by atoms with Gasteiger partial charge in [-0.2, -0.15) is 0 Å². The largest absolute Gasteiger partial charge is 0.392 e. The van der Waals surface area contributed by atoms with Gasteiger partial charge in [-0.05, 0) is 69.2 Å². The molecular weight excluding hydrogens is 325 g/mol. The van der Waals surface area contributed by atoms with E-state index in [1.165, 1.54) is 14.7 Å². The van der Waals surface area contributed by atoms with Crippen LogP contribution in [0.2, 0.25) is 0 Å². The van der Waals surface area contributed by atoms with Gasteiger partial charge in [0, 0.05) is 15.7 Å². The fraction of sp³-hybridized carbons (Fsp3) is 0.714. The number of aliphatic hydroxyl groups excluding tert-OH is 1. The molecule has 0 radical (unpaired) electrons. The molecule has 0 rings (SSSR count). The molecule has 2 nitrogen and oxygen atoms in total. The van der Waals surface area contributed by atoms with Crippen LogP contribution in [0.4, 0.5) is 0 Å². The van der Waals surface area contributed by atoms with Crippen molar-refractivity contribution in [3.8, 4) is 0 Å². The van der Waals surface area contributed by atoms with Crippen molar-refractivity contribution in [3.05, 3.63) is 20.8 Å². The average Bonchev–Trinajstić information content (AvgIpc) is 2.25. The van der Waals surface area contributed by atoms with Crippen LogP contribution in [0.5, 0.6) is 0 Å². The smallest absolute Gasteiger partial charge is 0.0688 e. The Morgan fingerprint density at radius 2 is 1.82 bits per heavy atom. The van der Waals surface area contributed by atoms with Crippen molar-refractivity contribution in [1.29, 1.82) is 0 Å². The SMILES string of the molecule is CCC(O)[C@H](C)NC(C)/C(I)=C(\C)C=C(C)C. The van der Waals surface area contributed by atoms with Crippen LogP contribution < -0.4 is 5.32 Å². The molecule has 17 heavy (non-hydrogen) atoms. The quantitative estimate of drug-likeness (QED) is 0.564. The van der Waals surface area contributed by atoms with Crippen molar-refractivity contribution in [3.63, 3.8) is 0 Å². The third kappa shape index (κ3) is 6.58. The summed E-state index contributed by atoms with van der Waals surface area (Å²) in [6.07, 6.45) is 2.71. The van der Waals surface area contributed by atoms with Crippen molar-refractivity contribution in [1.82, 2.24) is 5.32 Å². The molecule has 0 spiro atoms. The monoisotopic (exact) mass is 351 g/mol. The summed E-state index contributed by atoms with van der Waals surface area (Å²) in [5.41, 5.74) is 2.61. The molecule has 0 saturated carbocycles. The van der Waals surface area contributed by atoms with Gasteiger partial charge in [-0.1, -0.05) is 18.6 Å². The highest BCUT2D eigenvalue weighted by atomic mass is 127. The van der Waals surface area contributed by atoms with Crippen molar-refractivity contribution >= 4 is 22.6 Å². The fourth-order valence-electron chi connectivity index (χ4n) is 1.78. The van der Waals surface area contributed by atoms with Gasteiger partial charge >= 0.3 is 0 Å². The molecule has 2 unspecified atom stereocenters. The zero-order chi connectivity index (χ0) is 13.6. The lowest BCUT2D eigenvalue weighted by atomic mass is 10.1. The molecular formula is C14H26INO. The Morgan fingerprint density at radius 3 is 2.24 bits per heavy atom. The van der Waals surface area contributed by atoms with Gasteiger partial charge in [-0.15, -0.1) is 0 Å². The van der Waals surface area contributed by atoms with Gasteiger partial charge in [0.25, 0.3) is 0 Å². The molecule has 0 aliphatic heterocycles. The summed E-state index contributed by atoms with van der Waals surface area (Å²) in [5.74, 6) is 0. The second-order valence-electron chi connectivity index (χ2n) is 4.91. The van der Waals surface area contributed by atoms with Gasteiger partial charge in [0.1, 0.15) is 0 Å². The van der Waals surface area contributed by atoms with E-state index in [0.29, 0.717) is 0 Å². The summed E-state index contributed by atoms with van der Waals surface area (Å²) in [5, 5.41) is 13.2. The molecule has 3 heteroatoms. The molecule has 0 fully saturated rings. The van der Waals surface area contributed by atoms with Gasteiger partial charge in [0.2, 0.25) is 0 Å². The lowest BCUT2D eigenvalue weighted by molar-refractivity contribution is 0.128. The molecule has 0 aliphatic rings. The van der Waals surface area contributed by atoms with Gasteiger partial charge in [-0.25, -0.2) is 0 Å². The van der Waals surface area contributed by atoms with Crippen LogP contribution in [0.3, 0.4) is 0 Å². The van der Waals surface area contributed by atoms with Crippen LogP contribution >= 0.6 is 22.6 Å². The van der Waals surface area contributed by atoms with Gasteiger partial charge in [0.15, 0.2) is 0 Å². The maximum atomic E-state index is 9.75. The standard InChI is InChI=1S/C14H26INO/c1-7-13(17)11(5)16-12(6)14(15)10(4)8-9(2)3/h8,11-13,16-17H,7H2,1-6H3/b14-10-/t11-,12?,13?/m0/s1. The van der Waals surface area contributed by atoms with Crippen molar-refractivity contribution in [2.24, 2.45) is 0 Å². The number of allylic oxidation sites excluding steroid dienone is 3. The van der Waals surface area contributed by atoms with Crippen molar-refractivity contribution in [2.75, 3.05) is 0 Å². The van der Waals surface area contributed by atoms with Crippen LogP contribution in [0.15, 0.2) is 20.8 Å². The van der Waals surface area contributed by atoms with E-state index in [0.717, 1.165) is 6.42 Å². The minimum absolute atomic E-state index is 0.124. The predicted octanol–water partition coefficient (Wildman–Crippen LogP) is 3.80. The second-order valence-corrected chi connectivity index (χ2v) is 6.07. The van der Waals surface area contributed by atoms with Gasteiger partial charge < -0.3 is 10.4 Å². The summed E-state index contributed by atoms with van der Waals surface area (Å²) >= 11 is 2.39. The normalized spacial score (nSPS) is 18.1. The first-order chi connectivity index (χ1) is 7.79. The highest BCUT2D eigenvalue weighted by Gasteiger charge is 2.16. The average molecular weight is 351 g/mol. The summed E-state index contributed by atoms with van der Waals surface area (Å²) in [4.78, 5) is 0. The van der Waals surface area contributed by atoms with E-state index in [-0.39, 0.29) is 18.2 Å². The molecule has 0 aromatic carbocycles. The van der Waals surface area contributed by atoms with Gasteiger partial charge in [0.05, 0.1) is 6.10 Å². The molecule has 0 bridgehead atoms. The minimum Gasteiger partial charge on any atom is -0.392 e. The van der Waals surface area contributed by atoms with E-state index in [1.54, 1.807) is 0 Å². The molecule has 3 atom stereocenters. The Kier molecular flexibility index (Phi) is 8.33. The first kappa shape index (κ1) is 17.1. The molecule has 0 aromatic heterocycles. The first-order valence-corrected chi connectivity index (χ1v) is 7.32. The van der Waals surface area contributed by atoms with E-state index in [1.807, 2.05) is 13.8 Å². The zero-order valence-corrected chi connectivity index (χ0v) is 14.0. The topological polar surface area (TPSA) is 32.3 Å². The highest BCUT2D eigenvalue weighted by Crippen LogP contribution is 2.20. The van der Waals surface area contributed by atoms with E-state index >= 15 is 0 Å². The lowest BCUT2D eigenvalue weighted by Gasteiger charge is -2.24. The lowest BCUT2D eigenvalue weighted by Crippen LogP contribution is -2.42. The molecule has 2 N–H and O–H groups in total. The number of aliphatic hydroxyl groups is 1. The summed E-state index contributed by atoms with van der Waals surface area (Å²) in [6, 6.07) is 0.404. The summed E-state index contributed by atoms with van der Waals surface area (Å²) in [7, 11) is 0. The Hall–Kier alpha value is 0.130. The van der Waals surface area contributed by atoms with Crippen molar-refractivity contribution in [2.45, 2.75) is 66.2 Å². The Balaban J connectivity index is 4.61. The highest BCUT2D eigenvalue weighted by molar-refractivity contribution is 14.1. The number of hydrogen-bond donors (Lipinski definition) is 2. The van der Waals surface area contributed by atoms with E-state index in [4.69, 9.17) is 0 Å². The Labute approximate surface area is 120 Å². The number of rotatable bonds is 6. The number of halogens is 1. The Bertz CT molecular complexity index is 293. The number of hydrogen-bond acceptors (Lipinski definition) is 2. The maximum absolute atomic E-state index is 9.75. The molecule has 0 saturated heterocycles. The maximum Gasteiger partial charge on any atom is 0.0688 e. The molecule has 100 valence electrons. The molecule has 0 heterocycles. The van der Waals surface area contributed by atoms with E-state index in [9.17, 15) is 5.11 Å². The first-order valence-electron chi connectivity index (χ1n) is 6.24. The van der Waals surface area contributed by atoms with Crippen LogP contribution in [0.25, 0.3) is 0 Å². The van der Waals surface area contributed by atoms with E-state index < -0.39 is 0 Å². The van der Waals surface area contributed by atoms with Crippen LogP contribution in [0, 0.1) is 0 Å². The van der Waals surface area contributed by atoms with Gasteiger partial charge in [-0.3, -0.25) is 0 Å². The van der Waals surface area contributed by atoms with Crippen molar-refractivity contribution < 1.29 is 5.11 Å². The predicted molar refractivity (Wildman–Crippen MR) is 84.5 cm³/mol. The summed E-state index contributed by atoms with van der Waals surface area (Å²) in [6.45, 7) is 12.5. The van der Waals surface area contributed by atoms with Crippen LogP contribution in [-0.2, 0) is 0 Å². The zero-order valence-electron chi connectivity index (χ0n) is 11.8. The molecule has 0 aromatic rings. The minimum atomic E-state index is -0.273. The molecule has 0 amide bonds. The third-order valence-electron chi connectivity index (χ3n) is 2.77. The Morgan fingerprint density at radius 1 is 1.29 bits per heavy atom. The molecule has 0 aliphatic carbocycles.